The number of para-hydroxylation sites is 2. The summed E-state index contributed by atoms with van der Waals surface area (Å²) in [6, 6.07) is 78.8. The minimum atomic E-state index is 0.907. The Morgan fingerprint density at radius 1 is 0.339 bits per heavy atom. The molecular weight excluding hydrogens is 717 g/mol. The number of hydrogen-bond acceptors (Lipinski definition) is 2. The molecule has 59 heavy (non-hydrogen) atoms. The lowest BCUT2D eigenvalue weighted by Gasteiger charge is -2.27. The van der Waals surface area contributed by atoms with Gasteiger partial charge in [0.05, 0.1) is 16.7 Å². The van der Waals surface area contributed by atoms with Gasteiger partial charge in [0.1, 0.15) is 11.2 Å². The van der Waals surface area contributed by atoms with Crippen molar-refractivity contribution in [1.82, 2.24) is 4.57 Å². The van der Waals surface area contributed by atoms with E-state index in [1.807, 2.05) is 12.1 Å². The normalized spacial score (nSPS) is 11.7. The first-order valence-corrected chi connectivity index (χ1v) is 20.2. The summed E-state index contributed by atoms with van der Waals surface area (Å²) < 4.78 is 8.55. The smallest absolute Gasteiger partial charge is 0.135 e. The number of rotatable bonds is 6. The van der Waals surface area contributed by atoms with E-state index in [1.54, 1.807) is 0 Å². The molecule has 12 rings (SSSR count). The van der Waals surface area contributed by atoms with E-state index < -0.39 is 0 Å². The van der Waals surface area contributed by atoms with E-state index in [4.69, 9.17) is 4.42 Å². The summed E-state index contributed by atoms with van der Waals surface area (Å²) in [4.78, 5) is 2.38. The van der Waals surface area contributed by atoms with E-state index in [-0.39, 0.29) is 0 Å². The zero-order valence-electron chi connectivity index (χ0n) is 32.1. The van der Waals surface area contributed by atoms with Gasteiger partial charge in [0.25, 0.3) is 0 Å². The Kier molecular flexibility index (Phi) is 7.54. The lowest BCUT2D eigenvalue weighted by atomic mass is 10.00. The molecule has 0 fully saturated rings. The van der Waals surface area contributed by atoms with E-state index >= 15 is 0 Å². The molecule has 2 heterocycles. The van der Waals surface area contributed by atoms with E-state index in [0.29, 0.717) is 0 Å². The number of aromatic nitrogens is 1. The van der Waals surface area contributed by atoms with Crippen LogP contribution in [0, 0.1) is 0 Å². The minimum absolute atomic E-state index is 0.907. The first-order chi connectivity index (χ1) is 29.2. The highest BCUT2D eigenvalue weighted by Gasteiger charge is 2.18. The fraction of sp³-hybridized carbons (Fsp3) is 0. The number of fused-ring (bicyclic) bond motifs is 9. The molecule has 0 spiro atoms. The molecular formula is C56H36N2O. The summed E-state index contributed by atoms with van der Waals surface area (Å²) in [5.74, 6) is 0. The van der Waals surface area contributed by atoms with E-state index in [9.17, 15) is 0 Å². The fourth-order valence-corrected chi connectivity index (χ4v) is 9.15. The summed E-state index contributed by atoms with van der Waals surface area (Å²) in [6.45, 7) is 0. The van der Waals surface area contributed by atoms with E-state index in [1.165, 1.54) is 54.5 Å². The van der Waals surface area contributed by atoms with Crippen LogP contribution in [0.15, 0.2) is 223 Å². The number of nitrogens with zero attached hydrogens (tertiary/aromatic N) is 2. The van der Waals surface area contributed by atoms with Crippen LogP contribution < -0.4 is 4.90 Å². The average Bonchev–Trinajstić information content (AvgIpc) is 3.85. The van der Waals surface area contributed by atoms with Crippen molar-refractivity contribution in [3.8, 4) is 27.9 Å². The van der Waals surface area contributed by atoms with Crippen LogP contribution in [0.1, 0.15) is 0 Å². The summed E-state index contributed by atoms with van der Waals surface area (Å²) in [5, 5.41) is 9.68. The Morgan fingerprint density at radius 3 is 1.64 bits per heavy atom. The Hall–Kier alpha value is -7.88. The van der Waals surface area contributed by atoms with Gasteiger partial charge >= 0.3 is 0 Å². The molecule has 0 amide bonds. The SMILES string of the molecule is c1ccc(-n2c3ccc(-c4ccc(N(c5ccc(-c6ccc7oc8ccccc8c7c6)cc5)c5cccc6ccccc56)cc4)cc3c3ccc4ccccc4c32)cc1. The van der Waals surface area contributed by atoms with Gasteiger partial charge < -0.3 is 13.9 Å². The van der Waals surface area contributed by atoms with Gasteiger partial charge in [0, 0.05) is 49.4 Å². The van der Waals surface area contributed by atoms with Crippen molar-refractivity contribution in [1.29, 1.82) is 0 Å². The second-order valence-corrected chi connectivity index (χ2v) is 15.3. The van der Waals surface area contributed by atoms with E-state index in [0.717, 1.165) is 55.8 Å². The number of anilines is 3. The van der Waals surface area contributed by atoms with Crippen LogP contribution in [-0.2, 0) is 0 Å². The average molecular weight is 753 g/mol. The molecule has 3 nitrogen and oxygen atoms in total. The van der Waals surface area contributed by atoms with Gasteiger partial charge in [-0.1, -0.05) is 146 Å². The van der Waals surface area contributed by atoms with Crippen LogP contribution in [0.2, 0.25) is 0 Å². The number of hydrogen-bond donors (Lipinski definition) is 0. The molecule has 3 heteroatoms. The summed E-state index contributed by atoms with van der Waals surface area (Å²) in [5.41, 5.74) is 13.4. The maximum atomic E-state index is 6.12. The van der Waals surface area contributed by atoms with Crippen molar-refractivity contribution < 1.29 is 4.42 Å². The second-order valence-electron chi connectivity index (χ2n) is 15.3. The highest BCUT2D eigenvalue weighted by Crippen LogP contribution is 2.42. The minimum Gasteiger partial charge on any atom is -0.456 e. The highest BCUT2D eigenvalue weighted by molar-refractivity contribution is 6.19. The van der Waals surface area contributed by atoms with Crippen molar-refractivity contribution in [3.05, 3.63) is 218 Å². The van der Waals surface area contributed by atoms with Crippen molar-refractivity contribution in [2.24, 2.45) is 0 Å². The van der Waals surface area contributed by atoms with Crippen LogP contribution >= 0.6 is 0 Å². The van der Waals surface area contributed by atoms with Gasteiger partial charge in [0.2, 0.25) is 0 Å². The molecule has 0 atom stereocenters. The molecule has 0 aliphatic heterocycles. The zero-order chi connectivity index (χ0) is 38.9. The van der Waals surface area contributed by atoms with Gasteiger partial charge in [-0.15, -0.1) is 0 Å². The highest BCUT2D eigenvalue weighted by atomic mass is 16.3. The molecule has 0 aliphatic carbocycles. The largest absolute Gasteiger partial charge is 0.456 e. The maximum Gasteiger partial charge on any atom is 0.135 e. The van der Waals surface area contributed by atoms with Crippen LogP contribution in [0.3, 0.4) is 0 Å². The van der Waals surface area contributed by atoms with Crippen molar-refractivity contribution >= 4 is 82.4 Å². The molecule has 0 N–H and O–H groups in total. The van der Waals surface area contributed by atoms with Crippen molar-refractivity contribution in [2.45, 2.75) is 0 Å². The summed E-state index contributed by atoms with van der Waals surface area (Å²) in [6.07, 6.45) is 0. The Balaban J connectivity index is 0.959. The van der Waals surface area contributed by atoms with Gasteiger partial charge in [-0.05, 0) is 106 Å². The van der Waals surface area contributed by atoms with Crippen LogP contribution in [0.5, 0.6) is 0 Å². The monoisotopic (exact) mass is 752 g/mol. The van der Waals surface area contributed by atoms with Crippen molar-refractivity contribution in [3.63, 3.8) is 0 Å². The van der Waals surface area contributed by atoms with Gasteiger partial charge in [-0.2, -0.15) is 0 Å². The lowest BCUT2D eigenvalue weighted by Crippen LogP contribution is -2.10. The summed E-state index contributed by atoms with van der Waals surface area (Å²) >= 11 is 0. The number of furan rings is 1. The molecule has 276 valence electrons. The van der Waals surface area contributed by atoms with Crippen LogP contribution in [0.4, 0.5) is 17.1 Å². The van der Waals surface area contributed by atoms with Gasteiger partial charge in [-0.25, -0.2) is 0 Å². The molecule has 2 aromatic heterocycles. The fourth-order valence-electron chi connectivity index (χ4n) is 9.15. The molecule has 10 aromatic carbocycles. The standard InChI is InChI=1S/C56H36N2O/c1-2-14-43(15-3-1)58-53-33-26-41(35-50(53)49-32-25-40-12-5-7-17-47(40)56(49)58)37-21-28-44(29-22-37)57(52-19-10-13-39-11-4-6-16-46(39)52)45-30-23-38(24-31-45)42-27-34-55-51(36-42)48-18-8-9-20-54(48)59-55/h1-36H. The third-order valence-corrected chi connectivity index (χ3v) is 12.0. The first kappa shape index (κ1) is 33.3. The first-order valence-electron chi connectivity index (χ1n) is 20.2. The Morgan fingerprint density at radius 2 is 0.898 bits per heavy atom. The third kappa shape index (κ3) is 5.44. The van der Waals surface area contributed by atoms with Crippen molar-refractivity contribution in [2.75, 3.05) is 4.90 Å². The second kappa shape index (κ2) is 13.4. The quantitative estimate of drug-likeness (QED) is 0.169. The lowest BCUT2D eigenvalue weighted by molar-refractivity contribution is 0.669. The predicted molar refractivity (Wildman–Crippen MR) is 249 cm³/mol. The molecule has 0 saturated heterocycles. The zero-order valence-corrected chi connectivity index (χ0v) is 32.1. The third-order valence-electron chi connectivity index (χ3n) is 12.0. The van der Waals surface area contributed by atoms with Gasteiger partial charge in [0.15, 0.2) is 0 Å². The predicted octanol–water partition coefficient (Wildman–Crippen LogP) is 15.8. The Bertz CT molecular complexity index is 3540. The number of benzene rings is 10. The maximum absolute atomic E-state index is 6.12. The van der Waals surface area contributed by atoms with Crippen LogP contribution in [0.25, 0.3) is 93.2 Å². The molecule has 0 unspecified atom stereocenters. The van der Waals surface area contributed by atoms with E-state index in [2.05, 4.69) is 216 Å². The summed E-state index contributed by atoms with van der Waals surface area (Å²) in [7, 11) is 0. The Labute approximate surface area is 341 Å². The van der Waals surface area contributed by atoms with Gasteiger partial charge in [-0.3, -0.25) is 0 Å². The molecule has 0 saturated carbocycles. The van der Waals surface area contributed by atoms with Crippen LogP contribution in [-0.4, -0.2) is 4.57 Å². The topological polar surface area (TPSA) is 21.3 Å². The molecule has 12 aromatic rings. The molecule has 0 radical (unpaired) electrons. The molecule has 0 bridgehead atoms. The molecule has 0 aliphatic rings.